The van der Waals surface area contributed by atoms with Crippen LogP contribution in [0.1, 0.15) is 32.1 Å². The van der Waals surface area contributed by atoms with Crippen LogP contribution in [0.4, 0.5) is 0 Å². The maximum absolute atomic E-state index is 9.25. The smallest absolute Gasteiger partial charge is 0.0541 e. The van der Waals surface area contributed by atoms with Crippen molar-refractivity contribution in [3.05, 3.63) is 0 Å². The van der Waals surface area contributed by atoms with Gasteiger partial charge in [0.2, 0.25) is 0 Å². The van der Waals surface area contributed by atoms with Crippen molar-refractivity contribution in [1.82, 2.24) is 5.32 Å². The van der Waals surface area contributed by atoms with Gasteiger partial charge in [0, 0.05) is 6.04 Å². The molecule has 0 aromatic heterocycles. The Morgan fingerprint density at radius 3 is 2.50 bits per heavy atom. The van der Waals surface area contributed by atoms with Crippen molar-refractivity contribution in [2.24, 2.45) is 5.73 Å². The van der Waals surface area contributed by atoms with Gasteiger partial charge in [0.25, 0.3) is 0 Å². The Morgan fingerprint density at radius 1 is 1.25 bits per heavy atom. The summed E-state index contributed by atoms with van der Waals surface area (Å²) in [5, 5.41) is 12.7. The number of rotatable bonds is 4. The predicted octanol–water partition coefficient (Wildman–Crippen LogP) is 0.228. The van der Waals surface area contributed by atoms with Gasteiger partial charge in [-0.25, -0.2) is 0 Å². The Morgan fingerprint density at radius 2 is 1.92 bits per heavy atom. The molecule has 72 valence electrons. The van der Waals surface area contributed by atoms with E-state index in [2.05, 4.69) is 5.32 Å². The second-order valence-corrected chi connectivity index (χ2v) is 3.60. The number of aliphatic hydroxyl groups is 1. The normalized spacial score (nSPS) is 30.5. The van der Waals surface area contributed by atoms with E-state index < -0.39 is 0 Å². The molecule has 0 radical (unpaired) electrons. The van der Waals surface area contributed by atoms with Crippen molar-refractivity contribution in [3.8, 4) is 0 Å². The molecule has 0 unspecified atom stereocenters. The van der Waals surface area contributed by atoms with Gasteiger partial charge in [-0.15, -0.1) is 0 Å². The molecule has 0 bridgehead atoms. The molecule has 0 aromatic carbocycles. The molecule has 1 saturated carbocycles. The molecule has 4 N–H and O–H groups in total. The lowest BCUT2D eigenvalue weighted by Gasteiger charge is -2.26. The summed E-state index contributed by atoms with van der Waals surface area (Å²) in [7, 11) is 0. The van der Waals surface area contributed by atoms with E-state index in [0.717, 1.165) is 45.2 Å². The average molecular weight is 172 g/mol. The van der Waals surface area contributed by atoms with Crippen molar-refractivity contribution < 1.29 is 5.11 Å². The highest BCUT2D eigenvalue weighted by Gasteiger charge is 2.17. The van der Waals surface area contributed by atoms with E-state index in [4.69, 9.17) is 5.73 Å². The second-order valence-electron chi connectivity index (χ2n) is 3.60. The number of aliphatic hydroxyl groups excluding tert-OH is 1. The van der Waals surface area contributed by atoms with Crippen molar-refractivity contribution in [1.29, 1.82) is 0 Å². The lowest BCUT2D eigenvalue weighted by molar-refractivity contribution is 0.117. The van der Waals surface area contributed by atoms with Crippen LogP contribution in [0.25, 0.3) is 0 Å². The maximum atomic E-state index is 9.25. The lowest BCUT2D eigenvalue weighted by atomic mass is 9.93. The Balaban J connectivity index is 2.01. The Hall–Kier alpha value is -0.120. The third-order valence-electron chi connectivity index (χ3n) is 2.51. The van der Waals surface area contributed by atoms with Crippen LogP contribution in [0.2, 0.25) is 0 Å². The summed E-state index contributed by atoms with van der Waals surface area (Å²) in [5.74, 6) is 0. The van der Waals surface area contributed by atoms with Gasteiger partial charge in [0.1, 0.15) is 0 Å². The fraction of sp³-hybridized carbons (Fsp3) is 1.00. The number of nitrogens with two attached hydrogens (primary N) is 1. The number of hydrogen-bond acceptors (Lipinski definition) is 3. The molecule has 0 aromatic rings. The highest BCUT2D eigenvalue weighted by atomic mass is 16.3. The van der Waals surface area contributed by atoms with Crippen molar-refractivity contribution in [2.75, 3.05) is 13.1 Å². The SMILES string of the molecule is NCCCNC1CCC(O)CC1. The average Bonchev–Trinajstić information content (AvgIpc) is 2.09. The molecule has 0 amide bonds. The van der Waals surface area contributed by atoms with Crippen LogP contribution < -0.4 is 11.1 Å². The minimum absolute atomic E-state index is 0.0439. The standard InChI is InChI=1S/C9H20N2O/c10-6-1-7-11-8-2-4-9(12)5-3-8/h8-9,11-12H,1-7,10H2. The molecule has 1 rings (SSSR count). The number of hydrogen-bond donors (Lipinski definition) is 3. The third-order valence-corrected chi connectivity index (χ3v) is 2.51. The first kappa shape index (κ1) is 9.96. The van der Waals surface area contributed by atoms with Gasteiger partial charge >= 0.3 is 0 Å². The van der Waals surface area contributed by atoms with E-state index in [1.807, 2.05) is 0 Å². The molecule has 12 heavy (non-hydrogen) atoms. The van der Waals surface area contributed by atoms with E-state index in [0.29, 0.717) is 6.04 Å². The molecule has 0 saturated heterocycles. The summed E-state index contributed by atoms with van der Waals surface area (Å²) in [6.45, 7) is 1.79. The number of nitrogens with one attached hydrogen (secondary N) is 1. The summed E-state index contributed by atoms with van der Waals surface area (Å²) in [6, 6.07) is 0.625. The summed E-state index contributed by atoms with van der Waals surface area (Å²) >= 11 is 0. The monoisotopic (exact) mass is 172 g/mol. The van der Waals surface area contributed by atoms with Gasteiger partial charge in [-0.2, -0.15) is 0 Å². The Labute approximate surface area is 74.3 Å². The van der Waals surface area contributed by atoms with Gasteiger partial charge in [-0.3, -0.25) is 0 Å². The molecule has 0 atom stereocenters. The van der Waals surface area contributed by atoms with E-state index in [1.54, 1.807) is 0 Å². The van der Waals surface area contributed by atoms with Crippen molar-refractivity contribution >= 4 is 0 Å². The molecule has 0 spiro atoms. The lowest BCUT2D eigenvalue weighted by Crippen LogP contribution is -2.35. The van der Waals surface area contributed by atoms with E-state index in [1.165, 1.54) is 0 Å². The molecular formula is C9H20N2O. The zero-order chi connectivity index (χ0) is 8.81. The summed E-state index contributed by atoms with van der Waals surface area (Å²) < 4.78 is 0. The first-order valence-electron chi connectivity index (χ1n) is 4.94. The first-order chi connectivity index (χ1) is 5.83. The highest BCUT2D eigenvalue weighted by Crippen LogP contribution is 2.17. The van der Waals surface area contributed by atoms with E-state index in [-0.39, 0.29) is 6.10 Å². The zero-order valence-electron chi connectivity index (χ0n) is 7.63. The second kappa shape index (κ2) is 5.51. The Kier molecular flexibility index (Phi) is 4.58. The summed E-state index contributed by atoms with van der Waals surface area (Å²) in [5.41, 5.74) is 5.39. The molecule has 3 nitrogen and oxygen atoms in total. The molecular weight excluding hydrogens is 152 g/mol. The van der Waals surface area contributed by atoms with Crippen LogP contribution in [0, 0.1) is 0 Å². The molecule has 1 aliphatic rings. The molecule has 3 heteroatoms. The third kappa shape index (κ3) is 3.52. The fourth-order valence-electron chi connectivity index (χ4n) is 1.69. The van der Waals surface area contributed by atoms with Crippen LogP contribution in [0.15, 0.2) is 0 Å². The van der Waals surface area contributed by atoms with Gasteiger partial charge in [-0.1, -0.05) is 0 Å². The zero-order valence-corrected chi connectivity index (χ0v) is 7.63. The minimum atomic E-state index is -0.0439. The minimum Gasteiger partial charge on any atom is -0.393 e. The van der Waals surface area contributed by atoms with Crippen LogP contribution >= 0.6 is 0 Å². The van der Waals surface area contributed by atoms with E-state index in [9.17, 15) is 5.11 Å². The van der Waals surface area contributed by atoms with Crippen LogP contribution in [-0.4, -0.2) is 30.3 Å². The van der Waals surface area contributed by atoms with E-state index >= 15 is 0 Å². The first-order valence-corrected chi connectivity index (χ1v) is 4.94. The van der Waals surface area contributed by atoms with Gasteiger partial charge in [0.15, 0.2) is 0 Å². The fourth-order valence-corrected chi connectivity index (χ4v) is 1.69. The quantitative estimate of drug-likeness (QED) is 0.532. The Bertz CT molecular complexity index is 111. The van der Waals surface area contributed by atoms with Gasteiger partial charge in [-0.05, 0) is 45.2 Å². The summed E-state index contributed by atoms with van der Waals surface area (Å²) in [4.78, 5) is 0. The molecule has 0 aliphatic heterocycles. The molecule has 1 fully saturated rings. The van der Waals surface area contributed by atoms with Crippen LogP contribution in [0.5, 0.6) is 0 Å². The molecule has 1 aliphatic carbocycles. The van der Waals surface area contributed by atoms with Gasteiger partial charge < -0.3 is 16.2 Å². The summed E-state index contributed by atoms with van der Waals surface area (Å²) in [6.07, 6.45) is 5.16. The van der Waals surface area contributed by atoms with Crippen LogP contribution in [-0.2, 0) is 0 Å². The maximum Gasteiger partial charge on any atom is 0.0541 e. The predicted molar refractivity (Wildman–Crippen MR) is 49.9 cm³/mol. The largest absolute Gasteiger partial charge is 0.393 e. The van der Waals surface area contributed by atoms with Crippen LogP contribution in [0.3, 0.4) is 0 Å². The van der Waals surface area contributed by atoms with Gasteiger partial charge in [0.05, 0.1) is 6.10 Å². The molecule has 0 heterocycles. The highest BCUT2D eigenvalue weighted by molar-refractivity contribution is 4.76. The topological polar surface area (TPSA) is 58.3 Å². The van der Waals surface area contributed by atoms with Crippen molar-refractivity contribution in [3.63, 3.8) is 0 Å². The van der Waals surface area contributed by atoms with Crippen molar-refractivity contribution in [2.45, 2.75) is 44.2 Å².